The number of carbonyl (C=O) groups excluding carboxylic acids is 1. The van der Waals surface area contributed by atoms with Gasteiger partial charge in [-0.2, -0.15) is 0 Å². The molecule has 3 rings (SSSR count). The van der Waals surface area contributed by atoms with Crippen LogP contribution < -0.4 is 21.3 Å². The topological polar surface area (TPSA) is 111 Å². The molecule has 1 aliphatic rings. The van der Waals surface area contributed by atoms with Crippen molar-refractivity contribution in [1.29, 1.82) is 0 Å². The monoisotopic (exact) mass is 438 g/mol. The fourth-order valence-corrected chi connectivity index (χ4v) is 4.00. The highest BCUT2D eigenvalue weighted by Crippen LogP contribution is 2.42. The minimum atomic E-state index is -0.452. The molecule has 0 fully saturated rings. The van der Waals surface area contributed by atoms with Gasteiger partial charge in [-0.1, -0.05) is 39.0 Å². The van der Waals surface area contributed by atoms with E-state index in [4.69, 9.17) is 5.73 Å². The van der Waals surface area contributed by atoms with Crippen LogP contribution in [0.1, 0.15) is 49.8 Å². The van der Waals surface area contributed by atoms with Crippen LogP contribution in [0.3, 0.4) is 0 Å². The minimum Gasteiger partial charge on any atom is -0.508 e. The summed E-state index contributed by atoms with van der Waals surface area (Å²) < 4.78 is 0. The predicted molar refractivity (Wildman–Crippen MR) is 129 cm³/mol. The lowest BCUT2D eigenvalue weighted by atomic mass is 9.97. The van der Waals surface area contributed by atoms with E-state index in [1.165, 1.54) is 6.07 Å². The number of nitrogens with two attached hydrogens (primary N) is 1. The number of rotatable bonds is 9. The number of hydrogen-bond donors (Lipinski definition) is 5. The Bertz CT molecular complexity index is 970. The second kappa shape index (κ2) is 10.5. The Morgan fingerprint density at radius 1 is 1.19 bits per heavy atom. The van der Waals surface area contributed by atoms with E-state index in [2.05, 4.69) is 17.6 Å². The first-order chi connectivity index (χ1) is 15.4. The molecule has 7 heteroatoms. The normalized spacial score (nSPS) is 15.8. The van der Waals surface area contributed by atoms with Gasteiger partial charge in [0.15, 0.2) is 0 Å². The zero-order valence-electron chi connectivity index (χ0n) is 19.1. The Morgan fingerprint density at radius 3 is 2.53 bits per heavy atom. The van der Waals surface area contributed by atoms with E-state index in [0.717, 1.165) is 35.6 Å². The Hall–Kier alpha value is -3.03. The highest BCUT2D eigenvalue weighted by molar-refractivity contribution is 5.96. The number of amides is 1. The summed E-state index contributed by atoms with van der Waals surface area (Å²) in [5.74, 6) is 0.0194. The van der Waals surface area contributed by atoms with Crippen molar-refractivity contribution in [3.05, 3.63) is 59.2 Å². The smallest absolute Gasteiger partial charge is 0.243 e. The number of phenolic OH excluding ortho intramolecular Hbond substituents is 2. The molecule has 7 nitrogen and oxygen atoms in total. The van der Waals surface area contributed by atoms with Crippen molar-refractivity contribution in [1.82, 2.24) is 10.6 Å². The van der Waals surface area contributed by atoms with Crippen LogP contribution in [0.5, 0.6) is 11.5 Å². The first-order valence-corrected chi connectivity index (χ1v) is 11.2. The van der Waals surface area contributed by atoms with Crippen molar-refractivity contribution in [3.8, 4) is 11.5 Å². The van der Waals surface area contributed by atoms with Crippen LogP contribution in [0.15, 0.2) is 42.5 Å². The van der Waals surface area contributed by atoms with Crippen LogP contribution in [0.25, 0.3) is 5.70 Å². The van der Waals surface area contributed by atoms with Crippen LogP contribution in [0.4, 0.5) is 5.69 Å². The van der Waals surface area contributed by atoms with Gasteiger partial charge in [-0.3, -0.25) is 4.79 Å². The van der Waals surface area contributed by atoms with Gasteiger partial charge in [0.2, 0.25) is 5.91 Å². The van der Waals surface area contributed by atoms with Gasteiger partial charge in [0.05, 0.1) is 0 Å². The maximum atomic E-state index is 12.9. The summed E-state index contributed by atoms with van der Waals surface area (Å²) >= 11 is 0. The Morgan fingerprint density at radius 2 is 1.91 bits per heavy atom. The lowest BCUT2D eigenvalue weighted by Gasteiger charge is -2.30. The van der Waals surface area contributed by atoms with Gasteiger partial charge >= 0.3 is 0 Å². The summed E-state index contributed by atoms with van der Waals surface area (Å²) in [6.45, 7) is 8.48. The number of nitrogens with one attached hydrogen (secondary N) is 2. The van der Waals surface area contributed by atoms with E-state index in [-0.39, 0.29) is 23.3 Å². The van der Waals surface area contributed by atoms with Gasteiger partial charge in [-0.05, 0) is 48.2 Å². The van der Waals surface area contributed by atoms with E-state index in [1.807, 2.05) is 55.2 Å². The Kier molecular flexibility index (Phi) is 7.77. The van der Waals surface area contributed by atoms with Gasteiger partial charge in [-0.15, -0.1) is 0 Å². The molecule has 1 amide bonds. The van der Waals surface area contributed by atoms with Gasteiger partial charge in [0, 0.05) is 42.6 Å². The Labute approximate surface area is 189 Å². The quantitative estimate of drug-likeness (QED) is 0.412. The number of anilines is 1. The molecule has 0 saturated carbocycles. The first kappa shape index (κ1) is 23.6. The third kappa shape index (κ3) is 5.06. The van der Waals surface area contributed by atoms with E-state index in [1.54, 1.807) is 0 Å². The summed E-state index contributed by atoms with van der Waals surface area (Å²) in [6.07, 6.45) is 2.47. The van der Waals surface area contributed by atoms with Gasteiger partial charge < -0.3 is 31.5 Å². The van der Waals surface area contributed by atoms with Crippen LogP contribution in [0.2, 0.25) is 0 Å². The molecule has 0 bridgehead atoms. The Balaban J connectivity index is 2.01. The maximum Gasteiger partial charge on any atom is 0.243 e. The number of benzene rings is 2. The number of nitrogens with zero attached hydrogens (tertiary/aromatic N) is 1. The van der Waals surface area contributed by atoms with Crippen LogP contribution in [0, 0.1) is 0 Å². The largest absolute Gasteiger partial charge is 0.508 e. The van der Waals surface area contributed by atoms with Crippen molar-refractivity contribution in [2.75, 3.05) is 24.5 Å². The average molecular weight is 439 g/mol. The molecule has 172 valence electrons. The van der Waals surface area contributed by atoms with E-state index in [9.17, 15) is 15.0 Å². The van der Waals surface area contributed by atoms with E-state index < -0.39 is 6.04 Å². The summed E-state index contributed by atoms with van der Waals surface area (Å²) in [4.78, 5) is 14.9. The third-order valence-electron chi connectivity index (χ3n) is 5.69. The highest BCUT2D eigenvalue weighted by atomic mass is 16.3. The SMILES string of the molecule is CCNCc1ccc(N2C(c3cc(C(C)C)c(O)cc3O)=CCC2C(=O)NCCN)cc1. The zero-order chi connectivity index (χ0) is 23.3. The molecule has 0 aliphatic carbocycles. The molecule has 32 heavy (non-hydrogen) atoms. The summed E-state index contributed by atoms with van der Waals surface area (Å²) in [5.41, 5.74) is 9.67. The summed E-state index contributed by atoms with van der Waals surface area (Å²) in [6, 6.07) is 10.8. The molecule has 2 aromatic rings. The molecule has 6 N–H and O–H groups in total. The van der Waals surface area contributed by atoms with Crippen molar-refractivity contribution < 1.29 is 15.0 Å². The second-order valence-corrected chi connectivity index (χ2v) is 8.32. The van der Waals surface area contributed by atoms with Crippen molar-refractivity contribution >= 4 is 17.3 Å². The van der Waals surface area contributed by atoms with Gasteiger partial charge in [-0.25, -0.2) is 0 Å². The first-order valence-electron chi connectivity index (χ1n) is 11.2. The van der Waals surface area contributed by atoms with Crippen LogP contribution in [-0.4, -0.2) is 41.8 Å². The standard InChI is InChI=1S/C25H34N4O3/c1-4-27-15-17-5-7-18(8-6-17)29-21(9-10-22(29)25(32)28-12-11-26)20-13-19(16(2)3)23(30)14-24(20)31/h5-9,13-14,16,22,27,30-31H,4,10-12,15,26H2,1-3H3,(H,28,32). The van der Waals surface area contributed by atoms with Gasteiger partial charge in [0.25, 0.3) is 0 Å². The van der Waals surface area contributed by atoms with Crippen molar-refractivity contribution in [2.24, 2.45) is 5.73 Å². The molecule has 0 spiro atoms. The van der Waals surface area contributed by atoms with Crippen LogP contribution >= 0.6 is 0 Å². The highest BCUT2D eigenvalue weighted by Gasteiger charge is 2.34. The molecule has 2 aromatic carbocycles. The summed E-state index contributed by atoms with van der Waals surface area (Å²) in [5, 5.41) is 27.2. The summed E-state index contributed by atoms with van der Waals surface area (Å²) in [7, 11) is 0. The fourth-order valence-electron chi connectivity index (χ4n) is 4.00. The minimum absolute atomic E-state index is 0.0186. The van der Waals surface area contributed by atoms with Crippen LogP contribution in [-0.2, 0) is 11.3 Å². The third-order valence-corrected chi connectivity index (χ3v) is 5.69. The lowest BCUT2D eigenvalue weighted by Crippen LogP contribution is -2.45. The average Bonchev–Trinajstić information content (AvgIpc) is 3.21. The second-order valence-electron chi connectivity index (χ2n) is 8.32. The lowest BCUT2D eigenvalue weighted by molar-refractivity contribution is -0.122. The molecule has 0 aromatic heterocycles. The van der Waals surface area contributed by atoms with E-state index >= 15 is 0 Å². The van der Waals surface area contributed by atoms with Crippen molar-refractivity contribution in [2.45, 2.75) is 45.7 Å². The zero-order valence-corrected chi connectivity index (χ0v) is 19.1. The molecular formula is C25H34N4O3. The number of aromatic hydroxyl groups is 2. The molecule has 1 atom stereocenters. The molecule has 0 saturated heterocycles. The number of carbonyl (C=O) groups is 1. The number of phenols is 2. The molecule has 0 radical (unpaired) electrons. The predicted octanol–water partition coefficient (Wildman–Crippen LogP) is 3.03. The molecule has 1 heterocycles. The fraction of sp³-hybridized carbons (Fsp3) is 0.400. The van der Waals surface area contributed by atoms with E-state index in [0.29, 0.717) is 25.1 Å². The van der Waals surface area contributed by atoms with Gasteiger partial charge in [0.1, 0.15) is 17.5 Å². The molecule has 1 unspecified atom stereocenters. The van der Waals surface area contributed by atoms with Crippen molar-refractivity contribution in [3.63, 3.8) is 0 Å². The molecule has 1 aliphatic heterocycles. The number of hydrogen-bond acceptors (Lipinski definition) is 6. The maximum absolute atomic E-state index is 12.9. The molecular weight excluding hydrogens is 404 g/mol.